The number of para-hydroxylation sites is 1. The Morgan fingerprint density at radius 2 is 1.86 bits per heavy atom. The molecule has 0 saturated carbocycles. The lowest BCUT2D eigenvalue weighted by molar-refractivity contribution is -0.139. The normalized spacial score (nSPS) is 16.1. The number of rotatable bonds is 6. The SMILES string of the molecule is CCOC(=O)C1=C(CC)OC(N)=C(C#N)[C@H]1c1cccc(Oc2ccccc2)c1. The molecule has 2 aromatic rings. The smallest absolute Gasteiger partial charge is 0.338 e. The minimum absolute atomic E-state index is 0.00298. The lowest BCUT2D eigenvalue weighted by atomic mass is 9.82. The van der Waals surface area contributed by atoms with Gasteiger partial charge in [0.25, 0.3) is 0 Å². The van der Waals surface area contributed by atoms with Gasteiger partial charge in [-0.2, -0.15) is 5.26 Å². The summed E-state index contributed by atoms with van der Waals surface area (Å²) in [6.07, 6.45) is 0.435. The summed E-state index contributed by atoms with van der Waals surface area (Å²) in [4.78, 5) is 12.7. The molecular weight excluding hydrogens is 368 g/mol. The summed E-state index contributed by atoms with van der Waals surface area (Å²) in [5.41, 5.74) is 7.15. The minimum atomic E-state index is -0.693. The zero-order valence-corrected chi connectivity index (χ0v) is 16.3. The topological polar surface area (TPSA) is 94.6 Å². The fourth-order valence-corrected chi connectivity index (χ4v) is 3.23. The van der Waals surface area contributed by atoms with Crippen LogP contribution in [0, 0.1) is 11.3 Å². The third-order valence-corrected chi connectivity index (χ3v) is 4.48. The van der Waals surface area contributed by atoms with Crippen LogP contribution in [0.3, 0.4) is 0 Å². The van der Waals surface area contributed by atoms with Gasteiger partial charge in [-0.3, -0.25) is 0 Å². The molecule has 6 heteroatoms. The number of hydrogen-bond acceptors (Lipinski definition) is 6. The summed E-state index contributed by atoms with van der Waals surface area (Å²) in [5, 5.41) is 9.71. The number of carbonyl (C=O) groups is 1. The molecule has 0 saturated heterocycles. The Labute approximate surface area is 169 Å². The molecule has 0 amide bonds. The van der Waals surface area contributed by atoms with Gasteiger partial charge in [-0.15, -0.1) is 0 Å². The number of nitrogens with two attached hydrogens (primary N) is 1. The first kappa shape index (κ1) is 20.0. The van der Waals surface area contributed by atoms with Crippen LogP contribution < -0.4 is 10.5 Å². The Balaban J connectivity index is 2.07. The summed E-state index contributed by atoms with van der Waals surface area (Å²) in [5.74, 6) is 0.446. The predicted octanol–water partition coefficient (Wildman–Crippen LogP) is 4.51. The molecule has 0 fully saturated rings. The first-order valence-corrected chi connectivity index (χ1v) is 9.39. The molecule has 148 valence electrons. The standard InChI is InChI=1S/C23H22N2O4/c1-3-19-21(23(26)27-4-2)20(18(14-24)22(25)29-19)15-9-8-12-17(13-15)28-16-10-6-5-7-11-16/h5-13,20H,3-4,25H2,1-2H3/t20-/m1/s1. The van der Waals surface area contributed by atoms with E-state index in [2.05, 4.69) is 6.07 Å². The average Bonchev–Trinajstić information content (AvgIpc) is 2.74. The van der Waals surface area contributed by atoms with E-state index in [0.29, 0.717) is 29.2 Å². The van der Waals surface area contributed by atoms with Crippen molar-refractivity contribution in [2.45, 2.75) is 26.2 Å². The molecule has 29 heavy (non-hydrogen) atoms. The van der Waals surface area contributed by atoms with Gasteiger partial charge in [0, 0.05) is 6.42 Å². The molecule has 1 aliphatic rings. The monoisotopic (exact) mass is 390 g/mol. The number of benzene rings is 2. The van der Waals surface area contributed by atoms with Crippen LogP contribution in [0.2, 0.25) is 0 Å². The van der Waals surface area contributed by atoms with Crippen molar-refractivity contribution in [1.82, 2.24) is 0 Å². The van der Waals surface area contributed by atoms with Crippen molar-refractivity contribution >= 4 is 5.97 Å². The molecule has 0 radical (unpaired) electrons. The summed E-state index contributed by atoms with van der Waals surface area (Å²) in [6, 6.07) is 18.7. The largest absolute Gasteiger partial charge is 0.463 e. The molecule has 1 atom stereocenters. The van der Waals surface area contributed by atoms with Gasteiger partial charge in [0.05, 0.1) is 18.1 Å². The Morgan fingerprint density at radius 3 is 2.52 bits per heavy atom. The van der Waals surface area contributed by atoms with Gasteiger partial charge in [-0.25, -0.2) is 4.79 Å². The Bertz CT molecular complexity index is 1000. The molecular formula is C23H22N2O4. The maximum absolute atomic E-state index is 12.7. The minimum Gasteiger partial charge on any atom is -0.463 e. The zero-order chi connectivity index (χ0) is 20.8. The molecule has 0 spiro atoms. The van der Waals surface area contributed by atoms with E-state index >= 15 is 0 Å². The molecule has 2 aromatic carbocycles. The van der Waals surface area contributed by atoms with Gasteiger partial charge >= 0.3 is 5.97 Å². The Kier molecular flexibility index (Phi) is 6.20. The first-order valence-electron chi connectivity index (χ1n) is 9.39. The van der Waals surface area contributed by atoms with E-state index in [1.54, 1.807) is 13.0 Å². The molecule has 1 heterocycles. The van der Waals surface area contributed by atoms with Gasteiger partial charge in [0.1, 0.15) is 28.9 Å². The van der Waals surface area contributed by atoms with Crippen molar-refractivity contribution < 1.29 is 19.0 Å². The van der Waals surface area contributed by atoms with E-state index in [1.165, 1.54) is 0 Å². The van der Waals surface area contributed by atoms with Crippen LogP contribution >= 0.6 is 0 Å². The van der Waals surface area contributed by atoms with Gasteiger partial charge in [0.2, 0.25) is 5.88 Å². The van der Waals surface area contributed by atoms with Crippen molar-refractivity contribution in [1.29, 1.82) is 5.26 Å². The fourth-order valence-electron chi connectivity index (χ4n) is 3.23. The highest BCUT2D eigenvalue weighted by atomic mass is 16.5. The third kappa shape index (κ3) is 4.25. The highest BCUT2D eigenvalue weighted by Crippen LogP contribution is 2.41. The van der Waals surface area contributed by atoms with E-state index < -0.39 is 11.9 Å². The van der Waals surface area contributed by atoms with Crippen molar-refractivity contribution in [3.8, 4) is 17.6 Å². The maximum Gasteiger partial charge on any atom is 0.338 e. The summed E-state index contributed by atoms with van der Waals surface area (Å²) >= 11 is 0. The first-order chi connectivity index (χ1) is 14.1. The van der Waals surface area contributed by atoms with Crippen LogP contribution in [0.4, 0.5) is 0 Å². The van der Waals surface area contributed by atoms with E-state index in [1.807, 2.05) is 55.5 Å². The second-order valence-corrected chi connectivity index (χ2v) is 6.32. The molecule has 3 rings (SSSR count). The number of nitriles is 1. The number of esters is 1. The van der Waals surface area contributed by atoms with Crippen LogP contribution in [0.25, 0.3) is 0 Å². The van der Waals surface area contributed by atoms with Crippen LogP contribution in [-0.2, 0) is 14.3 Å². The summed E-state index contributed by atoms with van der Waals surface area (Å²) < 4.78 is 16.7. The molecule has 0 bridgehead atoms. The number of ether oxygens (including phenoxy) is 3. The lowest BCUT2D eigenvalue weighted by Crippen LogP contribution is -2.26. The van der Waals surface area contributed by atoms with Crippen molar-refractivity contribution in [2.75, 3.05) is 6.61 Å². The average molecular weight is 390 g/mol. The third-order valence-electron chi connectivity index (χ3n) is 4.48. The second kappa shape index (κ2) is 8.98. The highest BCUT2D eigenvalue weighted by Gasteiger charge is 2.37. The fraction of sp³-hybridized carbons (Fsp3) is 0.217. The van der Waals surface area contributed by atoms with Gasteiger partial charge in [0.15, 0.2) is 0 Å². The molecule has 2 N–H and O–H groups in total. The van der Waals surface area contributed by atoms with Gasteiger partial charge in [-0.1, -0.05) is 37.3 Å². The number of carbonyl (C=O) groups excluding carboxylic acids is 1. The van der Waals surface area contributed by atoms with Crippen LogP contribution in [0.1, 0.15) is 31.7 Å². The molecule has 1 aliphatic heterocycles. The predicted molar refractivity (Wildman–Crippen MR) is 108 cm³/mol. The quantitative estimate of drug-likeness (QED) is 0.729. The Hall–Kier alpha value is -3.72. The van der Waals surface area contributed by atoms with Crippen LogP contribution in [0.5, 0.6) is 11.5 Å². The van der Waals surface area contributed by atoms with Gasteiger partial charge < -0.3 is 19.9 Å². The summed E-state index contributed by atoms with van der Waals surface area (Å²) in [6.45, 7) is 3.79. The maximum atomic E-state index is 12.7. The van der Waals surface area contributed by atoms with Crippen LogP contribution in [-0.4, -0.2) is 12.6 Å². The molecule has 6 nitrogen and oxygen atoms in total. The van der Waals surface area contributed by atoms with Crippen molar-refractivity contribution in [2.24, 2.45) is 5.73 Å². The number of allylic oxidation sites excluding steroid dienone is 2. The summed E-state index contributed by atoms with van der Waals surface area (Å²) in [7, 11) is 0. The van der Waals surface area contributed by atoms with Crippen LogP contribution in [0.15, 0.2) is 77.4 Å². The molecule has 0 aromatic heterocycles. The number of nitrogens with zero attached hydrogens (tertiary/aromatic N) is 1. The van der Waals surface area contributed by atoms with Gasteiger partial charge in [-0.05, 0) is 36.8 Å². The molecule has 0 unspecified atom stereocenters. The number of hydrogen-bond donors (Lipinski definition) is 1. The van der Waals surface area contributed by atoms with E-state index in [-0.39, 0.29) is 23.6 Å². The van der Waals surface area contributed by atoms with Crippen molar-refractivity contribution in [3.63, 3.8) is 0 Å². The molecule has 0 aliphatic carbocycles. The second-order valence-electron chi connectivity index (χ2n) is 6.32. The van der Waals surface area contributed by atoms with E-state index in [4.69, 9.17) is 19.9 Å². The van der Waals surface area contributed by atoms with E-state index in [0.717, 1.165) is 0 Å². The zero-order valence-electron chi connectivity index (χ0n) is 16.3. The highest BCUT2D eigenvalue weighted by molar-refractivity contribution is 5.92. The van der Waals surface area contributed by atoms with Crippen molar-refractivity contribution in [3.05, 3.63) is 82.9 Å². The lowest BCUT2D eigenvalue weighted by Gasteiger charge is -2.28. The van der Waals surface area contributed by atoms with E-state index in [9.17, 15) is 10.1 Å². The Morgan fingerprint density at radius 1 is 1.14 bits per heavy atom.